The van der Waals surface area contributed by atoms with Crippen LogP contribution in [-0.2, 0) is 4.74 Å². The predicted octanol–water partition coefficient (Wildman–Crippen LogP) is 2.43. The monoisotopic (exact) mass is 302 g/mol. The first-order valence-electron chi connectivity index (χ1n) is 6.32. The lowest BCUT2D eigenvalue weighted by molar-refractivity contribution is 0.0485. The standard InChI is InChI=1S/C13H16F2N2O2S/c14-10-5-9(17-13(16)20)6-11(15)12(10)19-7-8-1-3-18-4-2-8/h5-6,8H,1-4,7H2,(H3,16,17,20). The van der Waals surface area contributed by atoms with E-state index in [0.717, 1.165) is 25.0 Å². The lowest BCUT2D eigenvalue weighted by atomic mass is 10.0. The number of hydrogen-bond acceptors (Lipinski definition) is 3. The van der Waals surface area contributed by atoms with E-state index in [-0.39, 0.29) is 29.1 Å². The highest BCUT2D eigenvalue weighted by Crippen LogP contribution is 2.27. The minimum Gasteiger partial charge on any atom is -0.487 e. The van der Waals surface area contributed by atoms with Gasteiger partial charge in [-0.25, -0.2) is 8.78 Å². The Morgan fingerprint density at radius 1 is 1.35 bits per heavy atom. The molecule has 1 aromatic rings. The minimum absolute atomic E-state index is 0.0559. The number of nitrogens with one attached hydrogen (secondary N) is 1. The number of thiocarbonyl (C=S) groups is 1. The molecule has 0 spiro atoms. The third-order valence-electron chi connectivity index (χ3n) is 3.07. The third-order valence-corrected chi connectivity index (χ3v) is 3.17. The maximum atomic E-state index is 13.8. The highest BCUT2D eigenvalue weighted by Gasteiger charge is 2.18. The molecule has 0 radical (unpaired) electrons. The average Bonchev–Trinajstić information content (AvgIpc) is 2.38. The van der Waals surface area contributed by atoms with Crippen LogP contribution in [0.25, 0.3) is 0 Å². The summed E-state index contributed by atoms with van der Waals surface area (Å²) in [4.78, 5) is 0. The summed E-state index contributed by atoms with van der Waals surface area (Å²) >= 11 is 4.61. The quantitative estimate of drug-likeness (QED) is 0.837. The molecular formula is C13H16F2N2O2S. The van der Waals surface area contributed by atoms with E-state index < -0.39 is 11.6 Å². The molecule has 0 aromatic heterocycles. The first kappa shape index (κ1) is 14.9. The molecule has 1 fully saturated rings. The molecule has 1 aliphatic heterocycles. The van der Waals surface area contributed by atoms with Crippen molar-refractivity contribution in [3.05, 3.63) is 23.8 Å². The van der Waals surface area contributed by atoms with Crippen LogP contribution in [0.1, 0.15) is 12.8 Å². The Hall–Kier alpha value is -1.47. The molecule has 1 heterocycles. The maximum absolute atomic E-state index is 13.8. The van der Waals surface area contributed by atoms with Gasteiger partial charge in [0.2, 0.25) is 0 Å². The number of nitrogens with two attached hydrogens (primary N) is 1. The van der Waals surface area contributed by atoms with Crippen molar-refractivity contribution < 1.29 is 18.3 Å². The second-order valence-corrected chi connectivity index (χ2v) is 5.06. The van der Waals surface area contributed by atoms with Crippen LogP contribution < -0.4 is 15.8 Å². The molecule has 0 aliphatic carbocycles. The van der Waals surface area contributed by atoms with Gasteiger partial charge in [-0.2, -0.15) is 0 Å². The number of benzene rings is 1. The van der Waals surface area contributed by atoms with Crippen LogP contribution in [0.5, 0.6) is 5.75 Å². The zero-order chi connectivity index (χ0) is 14.5. The Bertz CT molecular complexity index is 470. The van der Waals surface area contributed by atoms with Gasteiger partial charge in [-0.3, -0.25) is 0 Å². The van der Waals surface area contributed by atoms with Crippen LogP contribution in [0.3, 0.4) is 0 Å². The van der Waals surface area contributed by atoms with E-state index in [1.807, 2.05) is 0 Å². The molecule has 0 unspecified atom stereocenters. The second kappa shape index (κ2) is 6.81. The van der Waals surface area contributed by atoms with Gasteiger partial charge in [0.05, 0.1) is 6.61 Å². The van der Waals surface area contributed by atoms with Crippen LogP contribution in [0.2, 0.25) is 0 Å². The van der Waals surface area contributed by atoms with Gasteiger partial charge in [-0.15, -0.1) is 0 Å². The molecule has 1 aliphatic rings. The van der Waals surface area contributed by atoms with Crippen molar-refractivity contribution >= 4 is 23.0 Å². The lowest BCUT2D eigenvalue weighted by Crippen LogP contribution is -2.22. The largest absolute Gasteiger partial charge is 0.487 e. The van der Waals surface area contributed by atoms with Gasteiger partial charge < -0.3 is 20.5 Å². The molecule has 2 rings (SSSR count). The summed E-state index contributed by atoms with van der Waals surface area (Å²) in [6, 6.07) is 2.20. The summed E-state index contributed by atoms with van der Waals surface area (Å²) in [5.74, 6) is -1.67. The highest BCUT2D eigenvalue weighted by atomic mass is 32.1. The minimum atomic E-state index is -0.782. The molecule has 110 valence electrons. The summed E-state index contributed by atoms with van der Waals surface area (Å²) in [5, 5.41) is 2.42. The molecule has 0 atom stereocenters. The Kier molecular flexibility index (Phi) is 5.08. The summed E-state index contributed by atoms with van der Waals surface area (Å²) in [5.41, 5.74) is 5.41. The van der Waals surface area contributed by atoms with Gasteiger partial charge in [0.1, 0.15) is 0 Å². The van der Waals surface area contributed by atoms with Crippen LogP contribution in [0, 0.1) is 17.6 Å². The maximum Gasteiger partial charge on any atom is 0.190 e. The van der Waals surface area contributed by atoms with Crippen molar-refractivity contribution in [3.8, 4) is 5.75 Å². The van der Waals surface area contributed by atoms with Crippen molar-refractivity contribution in [1.29, 1.82) is 0 Å². The molecule has 0 amide bonds. The molecule has 4 nitrogen and oxygen atoms in total. The number of hydrogen-bond donors (Lipinski definition) is 2. The van der Waals surface area contributed by atoms with Crippen LogP contribution in [-0.4, -0.2) is 24.9 Å². The zero-order valence-electron chi connectivity index (χ0n) is 10.8. The highest BCUT2D eigenvalue weighted by molar-refractivity contribution is 7.80. The average molecular weight is 302 g/mol. The topological polar surface area (TPSA) is 56.5 Å². The summed E-state index contributed by atoms with van der Waals surface area (Å²) in [7, 11) is 0. The van der Waals surface area contributed by atoms with E-state index in [1.165, 1.54) is 0 Å². The Labute approximate surface area is 121 Å². The number of anilines is 1. The fourth-order valence-electron chi connectivity index (χ4n) is 2.03. The number of rotatable bonds is 4. The third kappa shape index (κ3) is 4.01. The van der Waals surface area contributed by atoms with E-state index in [0.29, 0.717) is 13.2 Å². The molecule has 0 bridgehead atoms. The second-order valence-electron chi connectivity index (χ2n) is 4.63. The van der Waals surface area contributed by atoms with E-state index >= 15 is 0 Å². The lowest BCUT2D eigenvalue weighted by Gasteiger charge is -2.22. The van der Waals surface area contributed by atoms with Crippen molar-refractivity contribution in [3.63, 3.8) is 0 Å². The molecule has 0 saturated carbocycles. The van der Waals surface area contributed by atoms with Crippen molar-refractivity contribution in [2.75, 3.05) is 25.1 Å². The number of halogens is 2. The Morgan fingerprint density at radius 3 is 2.50 bits per heavy atom. The fourth-order valence-corrected chi connectivity index (χ4v) is 2.14. The van der Waals surface area contributed by atoms with Gasteiger partial charge in [0, 0.05) is 31.0 Å². The molecule has 20 heavy (non-hydrogen) atoms. The van der Waals surface area contributed by atoms with E-state index in [2.05, 4.69) is 17.5 Å². The Balaban J connectivity index is 2.01. The van der Waals surface area contributed by atoms with E-state index in [4.69, 9.17) is 15.2 Å². The van der Waals surface area contributed by atoms with Crippen molar-refractivity contribution in [2.24, 2.45) is 11.7 Å². The van der Waals surface area contributed by atoms with E-state index in [1.54, 1.807) is 0 Å². The zero-order valence-corrected chi connectivity index (χ0v) is 11.6. The van der Waals surface area contributed by atoms with Crippen LogP contribution >= 0.6 is 12.2 Å². The van der Waals surface area contributed by atoms with Gasteiger partial charge >= 0.3 is 0 Å². The first-order valence-corrected chi connectivity index (χ1v) is 6.73. The molecule has 7 heteroatoms. The van der Waals surface area contributed by atoms with Gasteiger partial charge in [0.15, 0.2) is 22.5 Å². The molecular weight excluding hydrogens is 286 g/mol. The van der Waals surface area contributed by atoms with Crippen molar-refractivity contribution in [2.45, 2.75) is 12.8 Å². The van der Waals surface area contributed by atoms with Crippen molar-refractivity contribution in [1.82, 2.24) is 0 Å². The Morgan fingerprint density at radius 2 is 1.95 bits per heavy atom. The molecule has 1 saturated heterocycles. The smallest absolute Gasteiger partial charge is 0.190 e. The normalized spacial score (nSPS) is 15.9. The van der Waals surface area contributed by atoms with E-state index in [9.17, 15) is 8.78 Å². The fraction of sp³-hybridized carbons (Fsp3) is 0.462. The first-order chi connectivity index (χ1) is 9.56. The summed E-state index contributed by atoms with van der Waals surface area (Å²) in [6.45, 7) is 1.60. The van der Waals surface area contributed by atoms with Crippen LogP contribution in [0.15, 0.2) is 12.1 Å². The van der Waals surface area contributed by atoms with Crippen LogP contribution in [0.4, 0.5) is 14.5 Å². The van der Waals surface area contributed by atoms with Gasteiger partial charge in [-0.1, -0.05) is 0 Å². The summed E-state index contributed by atoms with van der Waals surface area (Å²) in [6.07, 6.45) is 1.68. The molecule has 3 N–H and O–H groups in total. The van der Waals surface area contributed by atoms with Gasteiger partial charge in [-0.05, 0) is 31.0 Å². The number of ether oxygens (including phenoxy) is 2. The predicted molar refractivity (Wildman–Crippen MR) is 75.8 cm³/mol. The summed E-state index contributed by atoms with van der Waals surface area (Å²) < 4.78 is 38.1. The molecule has 1 aromatic carbocycles. The van der Waals surface area contributed by atoms with Gasteiger partial charge in [0.25, 0.3) is 0 Å². The SMILES string of the molecule is NC(=S)Nc1cc(F)c(OCC2CCOCC2)c(F)c1.